The number of carboxylic acid groups (broad SMARTS) is 1. The van der Waals surface area contributed by atoms with Crippen LogP contribution in [0.2, 0.25) is 0 Å². The molecule has 0 bridgehead atoms. The van der Waals surface area contributed by atoms with E-state index in [4.69, 9.17) is 5.11 Å². The SMILES string of the molecule is O=Cc1cc(F)cc([N+](=O)[O-])c1/C=C/C(=O)O. The van der Waals surface area contributed by atoms with E-state index < -0.39 is 22.4 Å². The molecule has 0 saturated carbocycles. The van der Waals surface area contributed by atoms with E-state index in [-0.39, 0.29) is 17.4 Å². The second-order valence-corrected chi connectivity index (χ2v) is 2.97. The molecule has 1 rings (SSSR count). The average molecular weight is 239 g/mol. The zero-order valence-electron chi connectivity index (χ0n) is 8.29. The van der Waals surface area contributed by atoms with Crippen LogP contribution in [-0.2, 0) is 4.79 Å². The summed E-state index contributed by atoms with van der Waals surface area (Å²) in [4.78, 5) is 30.7. The molecule has 0 aliphatic carbocycles. The Morgan fingerprint density at radius 2 is 2.12 bits per heavy atom. The summed E-state index contributed by atoms with van der Waals surface area (Å²) in [5.41, 5.74) is -1.19. The topological polar surface area (TPSA) is 97.5 Å². The Morgan fingerprint density at radius 1 is 1.47 bits per heavy atom. The van der Waals surface area contributed by atoms with Gasteiger partial charge in [0.05, 0.1) is 16.6 Å². The molecule has 0 heterocycles. The number of benzene rings is 1. The first-order valence-corrected chi connectivity index (χ1v) is 4.30. The van der Waals surface area contributed by atoms with Gasteiger partial charge < -0.3 is 5.11 Å². The van der Waals surface area contributed by atoms with Crippen LogP contribution in [0.5, 0.6) is 0 Å². The summed E-state index contributed by atoms with van der Waals surface area (Å²) in [7, 11) is 0. The lowest BCUT2D eigenvalue weighted by Gasteiger charge is -2.01. The molecule has 17 heavy (non-hydrogen) atoms. The highest BCUT2D eigenvalue weighted by molar-refractivity contribution is 5.91. The molecular weight excluding hydrogens is 233 g/mol. The lowest BCUT2D eigenvalue weighted by molar-refractivity contribution is -0.385. The van der Waals surface area contributed by atoms with Gasteiger partial charge in [-0.3, -0.25) is 14.9 Å². The molecule has 0 aliphatic heterocycles. The van der Waals surface area contributed by atoms with Gasteiger partial charge in [-0.15, -0.1) is 0 Å². The van der Waals surface area contributed by atoms with Crippen molar-refractivity contribution in [1.29, 1.82) is 0 Å². The Kier molecular flexibility index (Phi) is 3.66. The minimum Gasteiger partial charge on any atom is -0.478 e. The molecule has 0 atom stereocenters. The number of hydrogen-bond donors (Lipinski definition) is 1. The Balaban J connectivity index is 3.47. The van der Waals surface area contributed by atoms with Crippen LogP contribution < -0.4 is 0 Å². The van der Waals surface area contributed by atoms with E-state index in [1.165, 1.54) is 0 Å². The third-order valence-electron chi connectivity index (χ3n) is 1.87. The molecule has 6 nitrogen and oxygen atoms in total. The van der Waals surface area contributed by atoms with E-state index >= 15 is 0 Å². The van der Waals surface area contributed by atoms with E-state index in [0.29, 0.717) is 12.1 Å². The third-order valence-corrected chi connectivity index (χ3v) is 1.87. The molecule has 0 spiro atoms. The van der Waals surface area contributed by atoms with Crippen molar-refractivity contribution < 1.29 is 24.0 Å². The highest BCUT2D eigenvalue weighted by Gasteiger charge is 2.17. The predicted octanol–water partition coefficient (Wildman–Crippen LogP) is 1.64. The van der Waals surface area contributed by atoms with Gasteiger partial charge in [-0.25, -0.2) is 9.18 Å². The van der Waals surface area contributed by atoms with E-state index in [1.54, 1.807) is 0 Å². The zero-order chi connectivity index (χ0) is 13.0. The number of rotatable bonds is 4. The molecule has 0 amide bonds. The number of carbonyl (C=O) groups excluding carboxylic acids is 1. The number of carboxylic acids is 1. The van der Waals surface area contributed by atoms with Crippen molar-refractivity contribution in [3.8, 4) is 0 Å². The second kappa shape index (κ2) is 4.97. The van der Waals surface area contributed by atoms with Crippen molar-refractivity contribution in [2.24, 2.45) is 0 Å². The van der Waals surface area contributed by atoms with E-state index in [9.17, 15) is 24.1 Å². The fourth-order valence-corrected chi connectivity index (χ4v) is 1.21. The van der Waals surface area contributed by atoms with Crippen LogP contribution in [0, 0.1) is 15.9 Å². The first-order chi connectivity index (χ1) is 7.95. The molecule has 0 aromatic heterocycles. The largest absolute Gasteiger partial charge is 0.478 e. The lowest BCUT2D eigenvalue weighted by atomic mass is 10.1. The van der Waals surface area contributed by atoms with Gasteiger partial charge >= 0.3 is 5.97 Å². The number of aldehydes is 1. The van der Waals surface area contributed by atoms with Gasteiger partial charge in [-0.1, -0.05) is 0 Å². The van der Waals surface area contributed by atoms with Crippen molar-refractivity contribution >= 4 is 24.0 Å². The minimum atomic E-state index is -1.33. The third kappa shape index (κ3) is 2.94. The number of aliphatic carboxylic acids is 1. The van der Waals surface area contributed by atoms with Crippen molar-refractivity contribution in [1.82, 2.24) is 0 Å². The number of hydrogen-bond acceptors (Lipinski definition) is 4. The van der Waals surface area contributed by atoms with Crippen LogP contribution in [0.3, 0.4) is 0 Å². The van der Waals surface area contributed by atoms with Gasteiger partial charge in [0, 0.05) is 11.6 Å². The van der Waals surface area contributed by atoms with E-state index in [1.807, 2.05) is 0 Å². The normalized spacial score (nSPS) is 10.4. The summed E-state index contributed by atoms with van der Waals surface area (Å²) in [6.45, 7) is 0. The first kappa shape index (κ1) is 12.5. The number of nitro benzene ring substituents is 1. The van der Waals surface area contributed by atoms with Crippen molar-refractivity contribution in [2.45, 2.75) is 0 Å². The zero-order valence-corrected chi connectivity index (χ0v) is 8.29. The highest BCUT2D eigenvalue weighted by Crippen LogP contribution is 2.24. The Morgan fingerprint density at radius 3 is 2.59 bits per heavy atom. The number of nitro groups is 1. The van der Waals surface area contributed by atoms with Crippen LogP contribution in [0.1, 0.15) is 15.9 Å². The summed E-state index contributed by atoms with van der Waals surface area (Å²) in [6, 6.07) is 1.41. The molecule has 1 N–H and O–H groups in total. The van der Waals surface area contributed by atoms with Crippen molar-refractivity contribution in [3.05, 3.63) is 45.3 Å². The van der Waals surface area contributed by atoms with Crippen LogP contribution in [-0.4, -0.2) is 22.3 Å². The van der Waals surface area contributed by atoms with Crippen molar-refractivity contribution in [2.75, 3.05) is 0 Å². The van der Waals surface area contributed by atoms with Gasteiger partial charge in [0.15, 0.2) is 6.29 Å². The molecule has 88 valence electrons. The Hall–Kier alpha value is -2.57. The molecule has 1 aromatic carbocycles. The predicted molar refractivity (Wildman–Crippen MR) is 55.1 cm³/mol. The monoisotopic (exact) mass is 239 g/mol. The molecule has 0 unspecified atom stereocenters. The molecule has 0 fully saturated rings. The second-order valence-electron chi connectivity index (χ2n) is 2.97. The van der Waals surface area contributed by atoms with Crippen LogP contribution >= 0.6 is 0 Å². The molecule has 0 saturated heterocycles. The van der Waals surface area contributed by atoms with Gasteiger partial charge in [-0.2, -0.15) is 0 Å². The molecule has 1 aromatic rings. The lowest BCUT2D eigenvalue weighted by Crippen LogP contribution is -1.98. The average Bonchev–Trinajstić information content (AvgIpc) is 2.25. The fourth-order valence-electron chi connectivity index (χ4n) is 1.21. The minimum absolute atomic E-state index is 0.220. The highest BCUT2D eigenvalue weighted by atomic mass is 19.1. The fraction of sp³-hybridized carbons (Fsp3) is 0. The Labute approximate surface area is 94.1 Å². The number of carbonyl (C=O) groups is 2. The number of nitrogens with zero attached hydrogens (tertiary/aromatic N) is 1. The van der Waals surface area contributed by atoms with Gasteiger partial charge in [0.25, 0.3) is 5.69 Å². The van der Waals surface area contributed by atoms with Gasteiger partial charge in [-0.05, 0) is 12.1 Å². The standard InChI is InChI=1S/C10H6FNO5/c11-7-3-6(5-13)8(1-2-10(14)15)9(4-7)12(16)17/h1-5H,(H,14,15)/b2-1+. The summed E-state index contributed by atoms with van der Waals surface area (Å²) in [5.74, 6) is -2.27. The maximum absolute atomic E-state index is 13.0. The van der Waals surface area contributed by atoms with Crippen LogP contribution in [0.25, 0.3) is 6.08 Å². The quantitative estimate of drug-likeness (QED) is 0.373. The smallest absolute Gasteiger partial charge is 0.328 e. The maximum atomic E-state index is 13.0. The molecule has 0 radical (unpaired) electrons. The molecule has 0 aliphatic rings. The van der Waals surface area contributed by atoms with E-state index in [2.05, 4.69) is 0 Å². The summed E-state index contributed by atoms with van der Waals surface area (Å²) >= 11 is 0. The molecule has 7 heteroatoms. The first-order valence-electron chi connectivity index (χ1n) is 4.30. The maximum Gasteiger partial charge on any atom is 0.328 e. The Bertz CT molecular complexity index is 524. The van der Waals surface area contributed by atoms with E-state index in [0.717, 1.165) is 12.1 Å². The number of halogens is 1. The van der Waals surface area contributed by atoms with Gasteiger partial charge in [0.1, 0.15) is 5.82 Å². The van der Waals surface area contributed by atoms with Crippen molar-refractivity contribution in [3.63, 3.8) is 0 Å². The molecular formula is C10H6FNO5. The summed E-state index contributed by atoms with van der Waals surface area (Å²) in [5, 5.41) is 19.0. The summed E-state index contributed by atoms with van der Waals surface area (Å²) in [6.07, 6.45) is 1.73. The van der Waals surface area contributed by atoms with Gasteiger partial charge in [0.2, 0.25) is 0 Å². The van der Waals surface area contributed by atoms with Crippen LogP contribution in [0.4, 0.5) is 10.1 Å². The van der Waals surface area contributed by atoms with Crippen LogP contribution in [0.15, 0.2) is 18.2 Å². The summed E-state index contributed by atoms with van der Waals surface area (Å²) < 4.78 is 13.0.